The third kappa shape index (κ3) is 3.87. The third-order valence-electron chi connectivity index (χ3n) is 3.88. The summed E-state index contributed by atoms with van der Waals surface area (Å²) in [7, 11) is 0. The molecule has 0 saturated heterocycles. The van der Waals surface area contributed by atoms with E-state index < -0.39 is 0 Å². The van der Waals surface area contributed by atoms with Gasteiger partial charge in [-0.05, 0) is 49.7 Å². The fourth-order valence-corrected chi connectivity index (χ4v) is 2.62. The van der Waals surface area contributed by atoms with Gasteiger partial charge in [0.05, 0.1) is 0 Å². The molecule has 0 spiro atoms. The van der Waals surface area contributed by atoms with E-state index >= 15 is 0 Å². The molecule has 0 radical (unpaired) electrons. The maximum absolute atomic E-state index is 5.93. The summed E-state index contributed by atoms with van der Waals surface area (Å²) in [6, 6.07) is 6.23. The van der Waals surface area contributed by atoms with Crippen molar-refractivity contribution in [2.24, 2.45) is 11.7 Å². The molecule has 20 heavy (non-hydrogen) atoms. The minimum absolute atomic E-state index is 0.484. The van der Waals surface area contributed by atoms with Gasteiger partial charge in [0.25, 0.3) is 0 Å². The van der Waals surface area contributed by atoms with Crippen LogP contribution in [0.2, 0.25) is 0 Å². The maximum Gasteiger partial charge on any atom is 0.161 e. The van der Waals surface area contributed by atoms with Gasteiger partial charge in [-0.1, -0.05) is 19.9 Å². The summed E-state index contributed by atoms with van der Waals surface area (Å²) in [5.74, 6) is 2.21. The number of nitrogens with zero attached hydrogens (tertiary/aromatic N) is 1. The maximum atomic E-state index is 5.93. The second-order valence-corrected chi connectivity index (χ2v) is 5.27. The molecule has 1 aliphatic heterocycles. The molecule has 4 heteroatoms. The van der Waals surface area contributed by atoms with Gasteiger partial charge in [-0.25, -0.2) is 0 Å². The number of ether oxygens (including phenoxy) is 2. The highest BCUT2D eigenvalue weighted by atomic mass is 16.6. The van der Waals surface area contributed by atoms with Gasteiger partial charge in [0, 0.05) is 6.54 Å². The van der Waals surface area contributed by atoms with E-state index in [1.807, 2.05) is 6.07 Å². The van der Waals surface area contributed by atoms with Crippen LogP contribution >= 0.6 is 0 Å². The first-order valence-electron chi connectivity index (χ1n) is 7.57. The number of fused-ring (bicyclic) bond motifs is 1. The SMILES string of the molecule is CCN(CC)CC(CN)Cc1ccc2c(c1)OCCO2. The van der Waals surface area contributed by atoms with Crippen molar-refractivity contribution in [2.45, 2.75) is 20.3 Å². The molecule has 1 aromatic carbocycles. The molecule has 2 rings (SSSR count). The highest BCUT2D eigenvalue weighted by Gasteiger charge is 2.15. The molecule has 112 valence electrons. The van der Waals surface area contributed by atoms with Crippen LogP contribution in [-0.4, -0.2) is 44.3 Å². The quantitative estimate of drug-likeness (QED) is 0.828. The zero-order valence-electron chi connectivity index (χ0n) is 12.6. The molecule has 1 heterocycles. The summed E-state index contributed by atoms with van der Waals surface area (Å²) >= 11 is 0. The van der Waals surface area contributed by atoms with Crippen LogP contribution < -0.4 is 15.2 Å². The molecular formula is C16H26N2O2. The Kier molecular flexibility index (Phi) is 5.68. The molecule has 0 amide bonds. The van der Waals surface area contributed by atoms with Gasteiger partial charge >= 0.3 is 0 Å². The second kappa shape index (κ2) is 7.50. The van der Waals surface area contributed by atoms with Crippen LogP contribution in [0.1, 0.15) is 19.4 Å². The highest BCUT2D eigenvalue weighted by molar-refractivity contribution is 5.43. The molecule has 1 aliphatic rings. The van der Waals surface area contributed by atoms with Gasteiger partial charge in [-0.3, -0.25) is 0 Å². The van der Waals surface area contributed by atoms with E-state index in [0.29, 0.717) is 25.7 Å². The predicted molar refractivity (Wildman–Crippen MR) is 81.5 cm³/mol. The lowest BCUT2D eigenvalue weighted by molar-refractivity contribution is 0.171. The summed E-state index contributed by atoms with van der Waals surface area (Å²) in [5, 5.41) is 0. The lowest BCUT2D eigenvalue weighted by Gasteiger charge is -2.25. The van der Waals surface area contributed by atoms with Gasteiger partial charge in [0.2, 0.25) is 0 Å². The zero-order valence-corrected chi connectivity index (χ0v) is 12.6. The standard InChI is InChI=1S/C16H26N2O2/c1-3-18(4-2)12-14(11-17)9-13-5-6-15-16(10-13)20-8-7-19-15/h5-6,10,14H,3-4,7-9,11-12,17H2,1-2H3. The van der Waals surface area contributed by atoms with Crippen molar-refractivity contribution < 1.29 is 9.47 Å². The van der Waals surface area contributed by atoms with Crippen molar-refractivity contribution in [2.75, 3.05) is 39.4 Å². The van der Waals surface area contributed by atoms with Crippen molar-refractivity contribution in [3.8, 4) is 11.5 Å². The zero-order chi connectivity index (χ0) is 14.4. The first kappa shape index (κ1) is 15.1. The van der Waals surface area contributed by atoms with E-state index in [0.717, 1.165) is 37.6 Å². The van der Waals surface area contributed by atoms with Crippen LogP contribution in [0.25, 0.3) is 0 Å². The molecule has 1 aromatic rings. The Bertz CT molecular complexity index is 419. The smallest absolute Gasteiger partial charge is 0.161 e. The Morgan fingerprint density at radius 3 is 2.50 bits per heavy atom. The number of nitrogens with two attached hydrogens (primary N) is 1. The first-order valence-corrected chi connectivity index (χ1v) is 7.57. The van der Waals surface area contributed by atoms with Crippen LogP contribution in [0.3, 0.4) is 0 Å². The fraction of sp³-hybridized carbons (Fsp3) is 0.625. The van der Waals surface area contributed by atoms with Crippen molar-refractivity contribution in [3.05, 3.63) is 23.8 Å². The van der Waals surface area contributed by atoms with Gasteiger partial charge in [-0.2, -0.15) is 0 Å². The fourth-order valence-electron chi connectivity index (χ4n) is 2.62. The van der Waals surface area contributed by atoms with Crippen molar-refractivity contribution in [1.29, 1.82) is 0 Å². The minimum Gasteiger partial charge on any atom is -0.486 e. The Hall–Kier alpha value is -1.26. The average molecular weight is 278 g/mol. The number of benzene rings is 1. The molecule has 4 nitrogen and oxygen atoms in total. The van der Waals surface area contributed by atoms with E-state index in [1.165, 1.54) is 5.56 Å². The van der Waals surface area contributed by atoms with E-state index in [9.17, 15) is 0 Å². The molecule has 0 bridgehead atoms. The topological polar surface area (TPSA) is 47.7 Å². The van der Waals surface area contributed by atoms with Crippen LogP contribution in [-0.2, 0) is 6.42 Å². The van der Waals surface area contributed by atoms with E-state index in [1.54, 1.807) is 0 Å². The lowest BCUT2D eigenvalue weighted by Crippen LogP contribution is -2.33. The second-order valence-electron chi connectivity index (χ2n) is 5.27. The number of hydrogen-bond acceptors (Lipinski definition) is 4. The number of hydrogen-bond donors (Lipinski definition) is 1. The Balaban J connectivity index is 2.00. The van der Waals surface area contributed by atoms with Crippen molar-refractivity contribution in [3.63, 3.8) is 0 Å². The molecule has 0 fully saturated rings. The van der Waals surface area contributed by atoms with Crippen LogP contribution in [0, 0.1) is 5.92 Å². The van der Waals surface area contributed by atoms with E-state index in [4.69, 9.17) is 15.2 Å². The van der Waals surface area contributed by atoms with Crippen LogP contribution in [0.15, 0.2) is 18.2 Å². The molecule has 2 N–H and O–H groups in total. The molecule has 0 aromatic heterocycles. The molecule has 1 atom stereocenters. The van der Waals surface area contributed by atoms with Gasteiger partial charge in [-0.15, -0.1) is 0 Å². The minimum atomic E-state index is 0.484. The summed E-state index contributed by atoms with van der Waals surface area (Å²) in [6.45, 7) is 9.59. The van der Waals surface area contributed by atoms with Gasteiger partial charge in [0.15, 0.2) is 11.5 Å². The monoisotopic (exact) mass is 278 g/mol. The van der Waals surface area contributed by atoms with Gasteiger partial charge < -0.3 is 20.1 Å². The Morgan fingerprint density at radius 2 is 1.85 bits per heavy atom. The van der Waals surface area contributed by atoms with E-state index in [-0.39, 0.29) is 0 Å². The highest BCUT2D eigenvalue weighted by Crippen LogP contribution is 2.31. The summed E-state index contributed by atoms with van der Waals surface area (Å²) in [4.78, 5) is 2.43. The summed E-state index contributed by atoms with van der Waals surface area (Å²) in [6.07, 6.45) is 0.990. The van der Waals surface area contributed by atoms with Gasteiger partial charge in [0.1, 0.15) is 13.2 Å². The number of rotatable bonds is 7. The molecule has 0 aliphatic carbocycles. The average Bonchev–Trinajstić information content (AvgIpc) is 2.51. The third-order valence-corrected chi connectivity index (χ3v) is 3.88. The normalized spacial score (nSPS) is 15.4. The predicted octanol–water partition coefficient (Wildman–Crippen LogP) is 1.92. The van der Waals surface area contributed by atoms with Crippen LogP contribution in [0.4, 0.5) is 0 Å². The summed E-state index contributed by atoms with van der Waals surface area (Å²) in [5.41, 5.74) is 7.21. The molecular weight excluding hydrogens is 252 g/mol. The Labute approximate surface area is 121 Å². The lowest BCUT2D eigenvalue weighted by atomic mass is 9.98. The Morgan fingerprint density at radius 1 is 1.15 bits per heavy atom. The van der Waals surface area contributed by atoms with Crippen molar-refractivity contribution >= 4 is 0 Å². The molecule has 0 saturated carbocycles. The molecule has 1 unspecified atom stereocenters. The van der Waals surface area contributed by atoms with Crippen molar-refractivity contribution in [1.82, 2.24) is 4.90 Å². The van der Waals surface area contributed by atoms with Crippen LogP contribution in [0.5, 0.6) is 11.5 Å². The first-order chi connectivity index (χ1) is 9.76. The summed E-state index contributed by atoms with van der Waals surface area (Å²) < 4.78 is 11.2. The largest absolute Gasteiger partial charge is 0.486 e. The van der Waals surface area contributed by atoms with E-state index in [2.05, 4.69) is 30.9 Å².